The summed E-state index contributed by atoms with van der Waals surface area (Å²) in [5.74, 6) is -0.0801. The third kappa shape index (κ3) is 3.02. The van der Waals surface area contributed by atoms with Crippen LogP contribution < -0.4 is 0 Å². The van der Waals surface area contributed by atoms with Gasteiger partial charge in [-0.25, -0.2) is 4.79 Å². The second-order valence-corrected chi connectivity index (χ2v) is 8.45. The minimum absolute atomic E-state index is 0.0801. The molecule has 6 heteroatoms. The van der Waals surface area contributed by atoms with E-state index in [1.54, 1.807) is 29.2 Å². The smallest absolute Gasteiger partial charge is 0.410 e. The van der Waals surface area contributed by atoms with Crippen LogP contribution in [0, 0.1) is 11.3 Å². The molecule has 1 saturated carbocycles. The van der Waals surface area contributed by atoms with Gasteiger partial charge in [0.25, 0.3) is 5.91 Å². The topological polar surface area (TPSA) is 73.6 Å². The van der Waals surface area contributed by atoms with Crippen LogP contribution in [0.2, 0.25) is 0 Å². The van der Waals surface area contributed by atoms with E-state index in [1.807, 2.05) is 35.2 Å². The number of benzene rings is 2. The molecule has 0 radical (unpaired) electrons. The molecule has 30 heavy (non-hydrogen) atoms. The van der Waals surface area contributed by atoms with Crippen molar-refractivity contribution in [3.63, 3.8) is 0 Å². The van der Waals surface area contributed by atoms with Crippen LogP contribution in [0.15, 0.2) is 54.6 Å². The normalized spacial score (nSPS) is 27.2. The van der Waals surface area contributed by atoms with Crippen molar-refractivity contribution in [1.29, 1.82) is 5.26 Å². The van der Waals surface area contributed by atoms with E-state index in [1.165, 1.54) is 0 Å². The second-order valence-electron chi connectivity index (χ2n) is 8.45. The summed E-state index contributed by atoms with van der Waals surface area (Å²) < 4.78 is 6.05. The van der Waals surface area contributed by atoms with Gasteiger partial charge in [-0.3, -0.25) is 4.79 Å². The minimum atomic E-state index is -0.596. The predicted octanol–water partition coefficient (Wildman–Crippen LogP) is 3.72. The highest BCUT2D eigenvalue weighted by molar-refractivity contribution is 5.95. The highest BCUT2D eigenvalue weighted by atomic mass is 16.6. The Morgan fingerprint density at radius 1 is 1.13 bits per heavy atom. The zero-order valence-corrected chi connectivity index (χ0v) is 16.7. The highest BCUT2D eigenvalue weighted by Crippen LogP contribution is 2.48. The van der Waals surface area contributed by atoms with Crippen LogP contribution >= 0.6 is 0 Å². The molecule has 2 bridgehead atoms. The monoisotopic (exact) mass is 401 g/mol. The molecule has 152 valence electrons. The Morgan fingerprint density at radius 2 is 1.90 bits per heavy atom. The van der Waals surface area contributed by atoms with E-state index in [2.05, 4.69) is 6.07 Å². The molecule has 3 saturated heterocycles. The molecular formula is C24H23N3O3. The number of fused-ring (bicyclic) bond motifs is 2. The van der Waals surface area contributed by atoms with Crippen molar-refractivity contribution in [2.45, 2.75) is 49.9 Å². The summed E-state index contributed by atoms with van der Waals surface area (Å²) in [7, 11) is 0. The SMILES string of the molecule is N#Cc1cccc(C(=O)N2C3CCC4(CC3)OC(=O)N(Cc3ccccc3)CC24)c1. The molecule has 1 atom stereocenters. The molecule has 2 aromatic rings. The first-order chi connectivity index (χ1) is 14.6. The van der Waals surface area contributed by atoms with E-state index in [0.717, 1.165) is 31.2 Å². The number of carbonyl (C=O) groups is 2. The first kappa shape index (κ1) is 18.7. The fraction of sp³-hybridized carbons (Fsp3) is 0.375. The summed E-state index contributed by atoms with van der Waals surface area (Å²) in [4.78, 5) is 30.0. The molecular weight excluding hydrogens is 378 g/mol. The standard InChI is InChI=1S/C24H23N3O3/c25-14-18-7-4-8-19(13-18)22(28)27-20-9-11-24(12-10-20)21(27)16-26(23(29)30-24)15-17-5-2-1-3-6-17/h1-8,13,20-21H,9-12,15-16H2. The van der Waals surface area contributed by atoms with Gasteiger partial charge in [0.2, 0.25) is 0 Å². The van der Waals surface area contributed by atoms with Crippen molar-refractivity contribution in [2.24, 2.45) is 0 Å². The van der Waals surface area contributed by atoms with Gasteiger partial charge in [0, 0.05) is 24.7 Å². The molecule has 0 aromatic heterocycles. The Morgan fingerprint density at radius 3 is 2.63 bits per heavy atom. The van der Waals surface area contributed by atoms with E-state index in [-0.39, 0.29) is 24.1 Å². The Hall–Kier alpha value is -3.33. The number of nitriles is 1. The van der Waals surface area contributed by atoms with E-state index >= 15 is 0 Å². The Balaban J connectivity index is 1.46. The number of rotatable bonds is 3. The molecule has 4 fully saturated rings. The van der Waals surface area contributed by atoms with Crippen molar-refractivity contribution in [1.82, 2.24) is 9.80 Å². The third-order valence-corrected chi connectivity index (χ3v) is 6.77. The largest absolute Gasteiger partial charge is 0.441 e. The maximum Gasteiger partial charge on any atom is 0.410 e. The van der Waals surface area contributed by atoms with Gasteiger partial charge >= 0.3 is 6.09 Å². The molecule has 0 N–H and O–H groups in total. The van der Waals surface area contributed by atoms with Gasteiger partial charge in [0.1, 0.15) is 5.60 Å². The summed E-state index contributed by atoms with van der Waals surface area (Å²) in [5, 5.41) is 9.21. The lowest BCUT2D eigenvalue weighted by molar-refractivity contribution is -0.164. The number of hydrogen-bond donors (Lipinski definition) is 0. The number of ether oxygens (including phenoxy) is 1. The lowest BCUT2D eigenvalue weighted by Gasteiger charge is -2.60. The molecule has 4 aliphatic rings. The summed E-state index contributed by atoms with van der Waals surface area (Å²) in [5.41, 5.74) is 1.43. The summed E-state index contributed by atoms with van der Waals surface area (Å²) in [6, 6.07) is 18.7. The van der Waals surface area contributed by atoms with Gasteiger partial charge in [-0.2, -0.15) is 5.26 Å². The van der Waals surface area contributed by atoms with Crippen molar-refractivity contribution >= 4 is 12.0 Å². The van der Waals surface area contributed by atoms with Gasteiger partial charge in [-0.15, -0.1) is 0 Å². The van der Waals surface area contributed by atoms with Crippen LogP contribution in [0.1, 0.15) is 47.2 Å². The van der Waals surface area contributed by atoms with Crippen LogP contribution in [0.5, 0.6) is 0 Å². The average Bonchev–Trinajstić information content (AvgIpc) is 2.79. The van der Waals surface area contributed by atoms with E-state index in [0.29, 0.717) is 24.2 Å². The maximum absolute atomic E-state index is 13.5. The molecule has 3 heterocycles. The summed E-state index contributed by atoms with van der Waals surface area (Å²) in [6.45, 7) is 0.927. The summed E-state index contributed by atoms with van der Waals surface area (Å²) >= 11 is 0. The molecule has 6 rings (SSSR count). The maximum atomic E-state index is 13.5. The first-order valence-corrected chi connectivity index (χ1v) is 10.4. The van der Waals surface area contributed by atoms with Crippen molar-refractivity contribution in [3.05, 3.63) is 71.3 Å². The third-order valence-electron chi connectivity index (χ3n) is 6.77. The fourth-order valence-corrected chi connectivity index (χ4v) is 5.27. The number of nitrogens with zero attached hydrogens (tertiary/aromatic N) is 3. The lowest BCUT2D eigenvalue weighted by atomic mass is 9.69. The zero-order valence-electron chi connectivity index (χ0n) is 16.7. The van der Waals surface area contributed by atoms with Gasteiger partial charge in [0.15, 0.2) is 0 Å². The zero-order chi connectivity index (χ0) is 20.7. The van der Waals surface area contributed by atoms with Gasteiger partial charge in [0.05, 0.1) is 17.7 Å². The molecule has 2 aromatic carbocycles. The number of amides is 2. The molecule has 1 unspecified atom stereocenters. The van der Waals surface area contributed by atoms with E-state index in [9.17, 15) is 14.9 Å². The Labute approximate surface area is 175 Å². The molecule has 3 aliphatic heterocycles. The molecule has 1 aliphatic carbocycles. The molecule has 6 nitrogen and oxygen atoms in total. The first-order valence-electron chi connectivity index (χ1n) is 10.4. The number of hydrogen-bond acceptors (Lipinski definition) is 4. The quantitative estimate of drug-likeness (QED) is 0.786. The predicted molar refractivity (Wildman–Crippen MR) is 109 cm³/mol. The summed E-state index contributed by atoms with van der Waals surface area (Å²) in [6.07, 6.45) is 2.98. The number of piperidine rings is 2. The van der Waals surface area contributed by atoms with Gasteiger partial charge in [-0.1, -0.05) is 36.4 Å². The Bertz CT molecular complexity index is 1020. The van der Waals surface area contributed by atoms with Gasteiger partial charge in [-0.05, 0) is 49.4 Å². The van der Waals surface area contributed by atoms with Crippen LogP contribution in [-0.2, 0) is 11.3 Å². The Kier molecular flexibility index (Phi) is 4.47. The minimum Gasteiger partial charge on any atom is -0.441 e. The number of carbonyl (C=O) groups excluding carboxylic acids is 2. The van der Waals surface area contributed by atoms with Crippen molar-refractivity contribution in [2.75, 3.05) is 6.54 Å². The van der Waals surface area contributed by atoms with E-state index in [4.69, 9.17) is 4.74 Å². The highest BCUT2D eigenvalue weighted by Gasteiger charge is 2.59. The lowest BCUT2D eigenvalue weighted by Crippen LogP contribution is -2.73. The average molecular weight is 401 g/mol. The van der Waals surface area contributed by atoms with Crippen LogP contribution in [0.4, 0.5) is 4.79 Å². The van der Waals surface area contributed by atoms with Crippen molar-refractivity contribution in [3.8, 4) is 6.07 Å². The van der Waals surface area contributed by atoms with Crippen LogP contribution in [-0.4, -0.2) is 46.0 Å². The van der Waals surface area contributed by atoms with Gasteiger partial charge < -0.3 is 14.5 Å². The van der Waals surface area contributed by atoms with Crippen LogP contribution in [0.3, 0.4) is 0 Å². The van der Waals surface area contributed by atoms with E-state index < -0.39 is 5.60 Å². The molecule has 1 spiro atoms. The van der Waals surface area contributed by atoms with Crippen molar-refractivity contribution < 1.29 is 14.3 Å². The second kappa shape index (κ2) is 7.17. The molecule has 2 amide bonds. The fourth-order valence-electron chi connectivity index (χ4n) is 5.27. The van der Waals surface area contributed by atoms with Crippen LogP contribution in [0.25, 0.3) is 0 Å².